The van der Waals surface area contributed by atoms with Crippen molar-refractivity contribution in [3.05, 3.63) is 11.1 Å². The normalized spacial score (nSPS) is 38.6. The number of hydrogen-bond acceptors (Lipinski definition) is 6. The zero-order valence-corrected chi connectivity index (χ0v) is 35.7. The van der Waals surface area contributed by atoms with Gasteiger partial charge in [0.25, 0.3) is 0 Å². The number of ether oxygens (including phenoxy) is 1. The zero-order chi connectivity index (χ0) is 38.9. The fourth-order valence-corrected chi connectivity index (χ4v) is 14.3. The van der Waals surface area contributed by atoms with Gasteiger partial charge in [-0.3, -0.25) is 19.3 Å². The third-order valence-electron chi connectivity index (χ3n) is 17.5. The summed E-state index contributed by atoms with van der Waals surface area (Å²) in [4.78, 5) is 44.3. The maximum atomic E-state index is 14.2. The van der Waals surface area contributed by atoms with Gasteiger partial charge < -0.3 is 14.7 Å². The van der Waals surface area contributed by atoms with E-state index in [9.17, 15) is 19.5 Å². The van der Waals surface area contributed by atoms with E-state index in [1.165, 1.54) is 56.9 Å². The second-order valence-corrected chi connectivity index (χ2v) is 21.7. The Hall–Kier alpha value is -1.73. The zero-order valence-electron chi connectivity index (χ0n) is 35.7. The molecule has 53 heavy (non-hydrogen) atoms. The fraction of sp³-hybridized carbons (Fsp3) is 0.891. The monoisotopic (exact) mass is 737 g/mol. The van der Waals surface area contributed by atoms with E-state index in [0.717, 1.165) is 58.2 Å². The number of esters is 1. The first-order chi connectivity index (χ1) is 24.6. The van der Waals surface area contributed by atoms with E-state index >= 15 is 0 Å². The van der Waals surface area contributed by atoms with Crippen molar-refractivity contribution in [2.75, 3.05) is 33.7 Å². The van der Waals surface area contributed by atoms with E-state index in [1.54, 1.807) is 19.4 Å². The number of likely N-dealkylation sites (N-methyl/N-ethyl adjacent to an activating group) is 1. The van der Waals surface area contributed by atoms with E-state index < -0.39 is 11.4 Å². The number of aliphatic carboxylic acids is 1. The molecule has 0 aromatic carbocycles. The SMILES string of the molecule is CC(C)C1=C2[C@H]3CC[C@@H]4[C@@]5(C)CC[C@H](OC(=O)CC(C)(C)C(=O)O)C(C)(C)[C@@H]5CC[C@@]4(C)[C@]3(C)CCC2(CCN(CCN(C)C)C2CCCC2)CC1=O. The minimum Gasteiger partial charge on any atom is -0.481 e. The predicted molar refractivity (Wildman–Crippen MR) is 212 cm³/mol. The van der Waals surface area contributed by atoms with Gasteiger partial charge in [-0.1, -0.05) is 66.9 Å². The van der Waals surface area contributed by atoms with E-state index in [2.05, 4.69) is 72.4 Å². The van der Waals surface area contributed by atoms with Gasteiger partial charge in [-0.05, 0) is 151 Å². The maximum Gasteiger partial charge on any atom is 0.309 e. The van der Waals surface area contributed by atoms with Crippen LogP contribution < -0.4 is 0 Å². The summed E-state index contributed by atoms with van der Waals surface area (Å²) in [6.07, 6.45) is 15.8. The summed E-state index contributed by atoms with van der Waals surface area (Å²) >= 11 is 0. The molecule has 1 unspecified atom stereocenters. The second-order valence-electron chi connectivity index (χ2n) is 21.7. The van der Waals surface area contributed by atoms with Crippen LogP contribution in [0.15, 0.2) is 11.1 Å². The Bertz CT molecular complexity index is 1460. The molecule has 5 fully saturated rings. The summed E-state index contributed by atoms with van der Waals surface area (Å²) in [5.41, 5.74) is 1.94. The van der Waals surface area contributed by atoms with Crippen LogP contribution in [-0.4, -0.2) is 78.5 Å². The topological polar surface area (TPSA) is 87.2 Å². The Kier molecular flexibility index (Phi) is 11.1. The van der Waals surface area contributed by atoms with Gasteiger partial charge in [0, 0.05) is 36.4 Å². The molecule has 6 rings (SSSR count). The molecule has 0 radical (unpaired) electrons. The lowest BCUT2D eigenvalue weighted by Crippen LogP contribution is -2.65. The molecule has 6 aliphatic rings. The van der Waals surface area contributed by atoms with Crippen LogP contribution in [0.1, 0.15) is 159 Å². The number of carbonyl (C=O) groups excluding carboxylic acids is 2. The number of ketones is 1. The van der Waals surface area contributed by atoms with Crippen molar-refractivity contribution in [2.24, 2.45) is 56.2 Å². The molecule has 0 aromatic rings. The molecule has 6 aliphatic carbocycles. The Morgan fingerprint density at radius 3 is 2.15 bits per heavy atom. The van der Waals surface area contributed by atoms with Crippen molar-refractivity contribution >= 4 is 17.7 Å². The predicted octanol–water partition coefficient (Wildman–Crippen LogP) is 9.58. The molecule has 7 nitrogen and oxygen atoms in total. The molecule has 0 amide bonds. The van der Waals surface area contributed by atoms with Crippen LogP contribution in [0, 0.1) is 56.2 Å². The summed E-state index contributed by atoms with van der Waals surface area (Å²) < 4.78 is 6.21. The first-order valence-corrected chi connectivity index (χ1v) is 21.7. The lowest BCUT2D eigenvalue weighted by Gasteiger charge is -2.72. The Morgan fingerprint density at radius 1 is 0.849 bits per heavy atom. The molecule has 0 spiro atoms. The van der Waals surface area contributed by atoms with E-state index in [4.69, 9.17) is 4.74 Å². The minimum absolute atomic E-state index is 0.0132. The summed E-state index contributed by atoms with van der Waals surface area (Å²) in [5.74, 6) is 0.828. The average molecular weight is 737 g/mol. The number of Topliss-reactive ketones (excluding diaryl/α,β-unsaturated/α-hetero) is 1. The highest BCUT2D eigenvalue weighted by Crippen LogP contribution is 2.77. The molecular weight excluding hydrogens is 661 g/mol. The summed E-state index contributed by atoms with van der Waals surface area (Å²) in [5, 5.41) is 9.64. The van der Waals surface area contributed by atoms with Gasteiger partial charge >= 0.3 is 11.9 Å². The van der Waals surface area contributed by atoms with Gasteiger partial charge in [0.15, 0.2) is 5.78 Å². The van der Waals surface area contributed by atoms with Crippen molar-refractivity contribution in [2.45, 2.75) is 171 Å². The Morgan fingerprint density at radius 2 is 1.53 bits per heavy atom. The van der Waals surface area contributed by atoms with Crippen molar-refractivity contribution in [1.82, 2.24) is 9.80 Å². The molecule has 0 bridgehead atoms. The molecule has 0 saturated heterocycles. The number of nitrogens with zero attached hydrogens (tertiary/aromatic N) is 2. The van der Waals surface area contributed by atoms with Gasteiger partial charge in [0.2, 0.25) is 0 Å². The third-order valence-corrected chi connectivity index (χ3v) is 17.5. The van der Waals surface area contributed by atoms with Crippen molar-refractivity contribution in [3.8, 4) is 0 Å². The molecular formula is C46H76N2O5. The molecule has 8 atom stereocenters. The molecule has 300 valence electrons. The Balaban J connectivity index is 1.26. The fourth-order valence-electron chi connectivity index (χ4n) is 14.3. The molecule has 0 aromatic heterocycles. The first kappa shape index (κ1) is 40.9. The van der Waals surface area contributed by atoms with Gasteiger partial charge in [-0.25, -0.2) is 0 Å². The molecule has 1 N–H and O–H groups in total. The minimum atomic E-state index is -1.14. The van der Waals surface area contributed by atoms with Crippen LogP contribution in [0.4, 0.5) is 0 Å². The molecule has 5 saturated carbocycles. The summed E-state index contributed by atoms with van der Waals surface area (Å²) in [6.45, 7) is 23.6. The maximum absolute atomic E-state index is 14.2. The number of carboxylic acids is 1. The van der Waals surface area contributed by atoms with Crippen LogP contribution in [0.2, 0.25) is 0 Å². The highest BCUT2D eigenvalue weighted by molar-refractivity contribution is 6.00. The lowest BCUT2D eigenvalue weighted by molar-refractivity contribution is -0.233. The van der Waals surface area contributed by atoms with Crippen LogP contribution in [0.5, 0.6) is 0 Å². The smallest absolute Gasteiger partial charge is 0.309 e. The number of carbonyl (C=O) groups is 3. The van der Waals surface area contributed by atoms with Gasteiger partial charge in [-0.2, -0.15) is 0 Å². The number of hydrogen-bond donors (Lipinski definition) is 1. The van der Waals surface area contributed by atoms with Crippen LogP contribution >= 0.6 is 0 Å². The highest BCUT2D eigenvalue weighted by Gasteiger charge is 2.70. The standard InChI is InChI=1S/C46H76N2O5/c1-30(2)38-33(49)28-46(24-25-48(27-26-47(10)11)31-14-12-13-15-31)23-22-44(8)32(39(38)46)16-17-35-43(7)20-19-36(53-37(50)29-41(3,4)40(51)52)42(5,6)34(43)18-21-45(35,44)9/h30-32,34-36H,12-29H2,1-11H3,(H,51,52)/t32-,34+,35-,36+,43+,44-,45-,46?/m1/s1. The third kappa shape index (κ3) is 6.80. The van der Waals surface area contributed by atoms with Crippen LogP contribution in [0.3, 0.4) is 0 Å². The first-order valence-electron chi connectivity index (χ1n) is 21.7. The average Bonchev–Trinajstić information content (AvgIpc) is 3.69. The quantitative estimate of drug-likeness (QED) is 0.200. The largest absolute Gasteiger partial charge is 0.481 e. The lowest BCUT2D eigenvalue weighted by atomic mass is 9.33. The summed E-state index contributed by atoms with van der Waals surface area (Å²) in [6, 6.07) is 0.694. The van der Waals surface area contributed by atoms with E-state index in [-0.39, 0.29) is 51.5 Å². The van der Waals surface area contributed by atoms with Crippen molar-refractivity contribution in [1.29, 1.82) is 0 Å². The summed E-state index contributed by atoms with van der Waals surface area (Å²) in [7, 11) is 4.38. The van der Waals surface area contributed by atoms with Gasteiger partial charge in [-0.15, -0.1) is 0 Å². The van der Waals surface area contributed by atoms with E-state index in [0.29, 0.717) is 29.6 Å². The van der Waals surface area contributed by atoms with Gasteiger partial charge in [0.1, 0.15) is 6.10 Å². The van der Waals surface area contributed by atoms with E-state index in [1.807, 2.05) is 0 Å². The van der Waals surface area contributed by atoms with Gasteiger partial charge in [0.05, 0.1) is 11.8 Å². The second kappa shape index (κ2) is 14.3. The van der Waals surface area contributed by atoms with Crippen LogP contribution in [0.25, 0.3) is 0 Å². The molecule has 0 aliphatic heterocycles. The highest BCUT2D eigenvalue weighted by atomic mass is 16.5. The molecule has 0 heterocycles. The van der Waals surface area contributed by atoms with Crippen molar-refractivity contribution < 1.29 is 24.2 Å². The number of allylic oxidation sites excluding steroid dienone is 2. The Labute approximate surface area is 322 Å². The van der Waals surface area contributed by atoms with Crippen LogP contribution in [-0.2, 0) is 19.1 Å². The van der Waals surface area contributed by atoms with Crippen molar-refractivity contribution in [3.63, 3.8) is 0 Å². The molecule has 7 heteroatoms. The number of rotatable bonds is 12. The number of fused-ring (bicyclic) bond motifs is 7. The number of carboxylic acid groups (broad SMARTS) is 1.